The second-order valence-electron chi connectivity index (χ2n) is 7.76. The van der Waals surface area contributed by atoms with Gasteiger partial charge in [0.2, 0.25) is 0 Å². The maximum absolute atomic E-state index is 13.0. The highest BCUT2D eigenvalue weighted by Crippen LogP contribution is 2.31. The van der Waals surface area contributed by atoms with E-state index in [1.807, 2.05) is 24.3 Å². The number of aryl methyl sites for hydroxylation is 1. The van der Waals surface area contributed by atoms with Gasteiger partial charge in [-0.3, -0.25) is 9.78 Å². The second kappa shape index (κ2) is 8.61. The minimum Gasteiger partial charge on any atom is -0.452 e. The van der Waals surface area contributed by atoms with Gasteiger partial charge in [-0.2, -0.15) is 0 Å². The summed E-state index contributed by atoms with van der Waals surface area (Å²) in [6.45, 7) is 2.03. The molecule has 0 fully saturated rings. The fraction of sp³-hybridized carbons (Fsp3) is 0.292. The normalized spacial score (nSPS) is 15.5. The first-order valence-electron chi connectivity index (χ1n) is 10.1. The van der Waals surface area contributed by atoms with Gasteiger partial charge in [-0.25, -0.2) is 9.18 Å². The third kappa shape index (κ3) is 4.32. The summed E-state index contributed by atoms with van der Waals surface area (Å²) in [6.07, 6.45) is 2.65. The molecule has 0 aliphatic heterocycles. The number of aromatic nitrogens is 1. The smallest absolute Gasteiger partial charge is 0.339 e. The lowest BCUT2D eigenvalue weighted by atomic mass is 9.84. The number of halogens is 1. The average molecular weight is 406 g/mol. The summed E-state index contributed by atoms with van der Waals surface area (Å²) < 4.78 is 18.3. The molecule has 1 heterocycles. The fourth-order valence-electron chi connectivity index (χ4n) is 3.85. The molecule has 1 amide bonds. The Hall–Kier alpha value is -3.28. The van der Waals surface area contributed by atoms with Gasteiger partial charge >= 0.3 is 5.97 Å². The molecule has 1 aliphatic rings. The summed E-state index contributed by atoms with van der Waals surface area (Å²) in [4.78, 5) is 29.9. The molecule has 154 valence electrons. The molecule has 1 N–H and O–H groups in total. The lowest BCUT2D eigenvalue weighted by Gasteiger charge is -2.24. The molecule has 30 heavy (non-hydrogen) atoms. The van der Waals surface area contributed by atoms with Crippen molar-refractivity contribution in [3.05, 3.63) is 76.7 Å². The van der Waals surface area contributed by atoms with Gasteiger partial charge in [0.25, 0.3) is 5.91 Å². The number of hydrogen-bond donors (Lipinski definition) is 1. The minimum atomic E-state index is -0.504. The number of benzene rings is 2. The van der Waals surface area contributed by atoms with Crippen LogP contribution in [0.4, 0.5) is 4.39 Å². The van der Waals surface area contributed by atoms with Crippen LogP contribution in [-0.2, 0) is 28.9 Å². The van der Waals surface area contributed by atoms with Crippen LogP contribution in [0.3, 0.4) is 0 Å². The van der Waals surface area contributed by atoms with Gasteiger partial charge in [0.05, 0.1) is 11.1 Å². The first-order chi connectivity index (χ1) is 14.5. The molecule has 3 aromatic rings. The number of pyridine rings is 1. The first-order valence-corrected chi connectivity index (χ1v) is 10.1. The zero-order valence-corrected chi connectivity index (χ0v) is 16.8. The van der Waals surface area contributed by atoms with Crippen molar-refractivity contribution in [3.8, 4) is 0 Å². The summed E-state index contributed by atoms with van der Waals surface area (Å²) in [6, 6.07) is 13.4. The van der Waals surface area contributed by atoms with Crippen LogP contribution < -0.4 is 5.32 Å². The molecule has 0 spiro atoms. The molecular weight excluding hydrogens is 383 g/mol. The molecule has 0 radical (unpaired) electrons. The number of carbonyl (C=O) groups excluding carboxylic acids is 2. The maximum atomic E-state index is 13.0. The number of ether oxygens (including phenoxy) is 1. The van der Waals surface area contributed by atoms with Crippen LogP contribution in [0.1, 0.15) is 40.5 Å². The Morgan fingerprint density at radius 3 is 2.73 bits per heavy atom. The van der Waals surface area contributed by atoms with Gasteiger partial charge in [-0.15, -0.1) is 0 Å². The van der Waals surface area contributed by atoms with E-state index in [1.165, 1.54) is 12.1 Å². The monoisotopic (exact) mass is 406 g/mol. The predicted molar refractivity (Wildman–Crippen MR) is 111 cm³/mol. The van der Waals surface area contributed by atoms with Crippen molar-refractivity contribution in [2.45, 2.75) is 32.7 Å². The van der Waals surface area contributed by atoms with Crippen molar-refractivity contribution in [2.24, 2.45) is 5.92 Å². The third-order valence-electron chi connectivity index (χ3n) is 5.45. The number of amides is 1. The molecule has 1 aliphatic carbocycles. The van der Waals surface area contributed by atoms with Crippen molar-refractivity contribution >= 4 is 22.8 Å². The number of carbonyl (C=O) groups is 2. The Morgan fingerprint density at radius 2 is 1.93 bits per heavy atom. The van der Waals surface area contributed by atoms with Gasteiger partial charge in [-0.1, -0.05) is 37.3 Å². The standard InChI is InChI=1S/C24H23FN2O3/c1-15-6-11-21-19(12-15)23(18-4-2-3-5-20(18)27-21)24(29)30-14-22(28)26-13-16-7-9-17(25)10-8-16/h2-5,7-10,15H,6,11-14H2,1H3,(H,26,28). The zero-order valence-electron chi connectivity index (χ0n) is 16.8. The van der Waals surface area contributed by atoms with E-state index in [4.69, 9.17) is 9.72 Å². The molecule has 2 aromatic carbocycles. The Bertz CT molecular complexity index is 1100. The highest BCUT2D eigenvalue weighted by molar-refractivity contribution is 6.05. The van der Waals surface area contributed by atoms with Crippen molar-refractivity contribution < 1.29 is 18.7 Å². The van der Waals surface area contributed by atoms with Crippen molar-refractivity contribution in [1.82, 2.24) is 10.3 Å². The summed E-state index contributed by atoms with van der Waals surface area (Å²) in [7, 11) is 0. The Morgan fingerprint density at radius 1 is 1.17 bits per heavy atom. The summed E-state index contributed by atoms with van der Waals surface area (Å²) in [5, 5.41) is 3.43. The minimum absolute atomic E-state index is 0.238. The van der Waals surface area contributed by atoms with E-state index >= 15 is 0 Å². The molecular formula is C24H23FN2O3. The molecule has 0 bridgehead atoms. The summed E-state index contributed by atoms with van der Waals surface area (Å²) in [5.41, 5.74) is 3.93. The quantitative estimate of drug-likeness (QED) is 0.651. The number of rotatable bonds is 5. The Balaban J connectivity index is 1.48. The topological polar surface area (TPSA) is 68.3 Å². The van der Waals surface area contributed by atoms with E-state index in [9.17, 15) is 14.0 Å². The molecule has 1 unspecified atom stereocenters. The largest absolute Gasteiger partial charge is 0.452 e. The molecule has 0 saturated carbocycles. The Kier molecular flexibility index (Phi) is 5.74. The van der Waals surface area contributed by atoms with Gasteiger partial charge in [0.1, 0.15) is 5.82 Å². The number of nitrogens with zero attached hydrogens (tertiary/aromatic N) is 1. The van der Waals surface area contributed by atoms with Gasteiger partial charge in [-0.05, 0) is 54.5 Å². The van der Waals surface area contributed by atoms with Gasteiger partial charge < -0.3 is 10.1 Å². The van der Waals surface area contributed by atoms with Crippen molar-refractivity contribution in [2.75, 3.05) is 6.61 Å². The highest BCUT2D eigenvalue weighted by Gasteiger charge is 2.26. The van der Waals surface area contributed by atoms with Crippen molar-refractivity contribution in [3.63, 3.8) is 0 Å². The second-order valence-corrected chi connectivity index (χ2v) is 7.76. The molecule has 5 nitrogen and oxygen atoms in total. The zero-order chi connectivity index (χ0) is 21.1. The SMILES string of the molecule is CC1CCc2nc3ccccc3c(C(=O)OCC(=O)NCc3ccc(F)cc3)c2C1. The summed E-state index contributed by atoms with van der Waals surface area (Å²) in [5.74, 6) is -0.781. The van der Waals surface area contributed by atoms with Crippen LogP contribution >= 0.6 is 0 Å². The van der Waals surface area contributed by atoms with E-state index in [1.54, 1.807) is 12.1 Å². The van der Waals surface area contributed by atoms with Crippen LogP contribution in [-0.4, -0.2) is 23.5 Å². The van der Waals surface area contributed by atoms with Crippen molar-refractivity contribution in [1.29, 1.82) is 0 Å². The average Bonchev–Trinajstić information content (AvgIpc) is 2.75. The van der Waals surface area contributed by atoms with E-state index in [0.29, 0.717) is 11.5 Å². The molecule has 4 rings (SSSR count). The third-order valence-corrected chi connectivity index (χ3v) is 5.45. The molecule has 6 heteroatoms. The van der Waals surface area contributed by atoms with Crippen LogP contribution in [0.25, 0.3) is 10.9 Å². The van der Waals surface area contributed by atoms with E-state index in [2.05, 4.69) is 12.2 Å². The maximum Gasteiger partial charge on any atom is 0.339 e. The highest BCUT2D eigenvalue weighted by atomic mass is 19.1. The van der Waals surface area contributed by atoms with Gasteiger partial charge in [0, 0.05) is 17.6 Å². The number of nitrogens with one attached hydrogen (secondary N) is 1. The van der Waals surface area contributed by atoms with Crippen LogP contribution in [0.2, 0.25) is 0 Å². The van der Waals surface area contributed by atoms with E-state index in [0.717, 1.165) is 47.0 Å². The molecule has 0 saturated heterocycles. The predicted octanol–water partition coefficient (Wildman–Crippen LogP) is 3.97. The lowest BCUT2D eigenvalue weighted by molar-refractivity contribution is -0.124. The number of hydrogen-bond acceptors (Lipinski definition) is 4. The van der Waals surface area contributed by atoms with E-state index < -0.39 is 11.9 Å². The van der Waals surface area contributed by atoms with E-state index in [-0.39, 0.29) is 19.0 Å². The van der Waals surface area contributed by atoms with Crippen LogP contribution in [0, 0.1) is 11.7 Å². The molecule has 1 aromatic heterocycles. The number of esters is 1. The number of para-hydroxylation sites is 1. The first kappa shape index (κ1) is 20.0. The van der Waals surface area contributed by atoms with Gasteiger partial charge in [0.15, 0.2) is 6.61 Å². The fourth-order valence-corrected chi connectivity index (χ4v) is 3.85. The molecule has 1 atom stereocenters. The lowest BCUT2D eigenvalue weighted by Crippen LogP contribution is -2.29. The Labute approximate surface area is 174 Å². The van der Waals surface area contributed by atoms with Crippen LogP contribution in [0.15, 0.2) is 48.5 Å². The van der Waals surface area contributed by atoms with Crippen LogP contribution in [0.5, 0.6) is 0 Å². The summed E-state index contributed by atoms with van der Waals surface area (Å²) >= 11 is 0. The number of fused-ring (bicyclic) bond motifs is 2.